The van der Waals surface area contributed by atoms with Gasteiger partial charge in [0.25, 0.3) is 0 Å². The Kier molecular flexibility index (Phi) is 11.5. The maximum absolute atomic E-state index is 9.90. The van der Waals surface area contributed by atoms with E-state index in [0.717, 1.165) is 0 Å². The van der Waals surface area contributed by atoms with Crippen LogP contribution in [0.25, 0.3) is 0 Å². The van der Waals surface area contributed by atoms with Gasteiger partial charge in [0.05, 0.1) is 13.2 Å². The molecule has 0 saturated carbocycles. The number of likely N-dealkylation sites (N-methyl/N-ethyl adjacent to an activating group) is 1. The van der Waals surface area contributed by atoms with Crippen LogP contribution < -0.4 is 0 Å². The van der Waals surface area contributed by atoms with E-state index in [9.17, 15) is 9.59 Å². The van der Waals surface area contributed by atoms with Crippen LogP contribution in [0.2, 0.25) is 0 Å². The van der Waals surface area contributed by atoms with Gasteiger partial charge in [0.1, 0.15) is 24.4 Å². The molecule has 9 heteroatoms. The summed E-state index contributed by atoms with van der Waals surface area (Å²) in [6.07, 6.45) is -6.84. The summed E-state index contributed by atoms with van der Waals surface area (Å²) in [5, 5.41) is 51.6. The van der Waals surface area contributed by atoms with E-state index in [1.807, 2.05) is 0 Å². The summed E-state index contributed by atoms with van der Waals surface area (Å²) >= 11 is 0. The molecule has 0 aliphatic rings. The zero-order chi connectivity index (χ0) is 15.6. The van der Waals surface area contributed by atoms with Gasteiger partial charge >= 0.3 is 5.97 Å². The summed E-state index contributed by atoms with van der Waals surface area (Å²) < 4.78 is 0. The van der Waals surface area contributed by atoms with Crippen LogP contribution in [-0.2, 0) is 9.59 Å². The lowest BCUT2D eigenvalue weighted by atomic mass is 10.0. The van der Waals surface area contributed by atoms with Crippen molar-refractivity contribution >= 4 is 12.3 Å². The summed E-state index contributed by atoms with van der Waals surface area (Å²) in [6.45, 7) is -0.649. The fraction of sp³-hybridized carbons (Fsp3) is 0.800. The topological polar surface area (TPSA) is 159 Å². The predicted octanol–water partition coefficient (Wildman–Crippen LogP) is -3.75. The molecule has 114 valence electrons. The second-order valence-corrected chi connectivity index (χ2v) is 3.99. The first kappa shape index (κ1) is 20.2. The maximum atomic E-state index is 9.90. The molecule has 0 saturated heterocycles. The highest BCUT2D eigenvalue weighted by molar-refractivity contribution is 5.68. The molecule has 0 rings (SSSR count). The predicted molar refractivity (Wildman–Crippen MR) is 63.4 cm³/mol. The molecule has 9 nitrogen and oxygen atoms in total. The van der Waals surface area contributed by atoms with Gasteiger partial charge in [-0.25, -0.2) is 0 Å². The Morgan fingerprint density at radius 2 is 1.63 bits per heavy atom. The molecule has 0 aromatic carbocycles. The molecule has 0 heterocycles. The van der Waals surface area contributed by atoms with Gasteiger partial charge < -0.3 is 35.4 Å². The van der Waals surface area contributed by atoms with Crippen molar-refractivity contribution < 1.29 is 40.2 Å². The fourth-order valence-electron chi connectivity index (χ4n) is 0.889. The number of aliphatic hydroxyl groups is 5. The van der Waals surface area contributed by atoms with Gasteiger partial charge in [0, 0.05) is 0 Å². The molecule has 0 aromatic heterocycles. The van der Waals surface area contributed by atoms with Crippen LogP contribution in [-0.4, -0.2) is 99.5 Å². The Morgan fingerprint density at radius 1 is 1.16 bits per heavy atom. The zero-order valence-electron chi connectivity index (χ0n) is 10.7. The molecule has 0 aliphatic carbocycles. The number of carbonyl (C=O) groups excluding carboxylic acids is 1. The van der Waals surface area contributed by atoms with E-state index in [1.54, 1.807) is 19.0 Å². The highest BCUT2D eigenvalue weighted by atomic mass is 16.4. The Balaban J connectivity index is 0. The number of nitrogens with zero attached hydrogens (tertiary/aromatic N) is 1. The second-order valence-electron chi connectivity index (χ2n) is 3.99. The number of hydrogen-bond donors (Lipinski definition) is 6. The standard InChI is InChI=1S/C6H12O6.C4H9NO2/c7-1-3(9)5(11)6(12)4(10)2-8;1-5(2)3-4(6)7/h1,3-6,8-12H,2H2;3H2,1-2H3,(H,6,7). The zero-order valence-corrected chi connectivity index (χ0v) is 10.7. The van der Waals surface area contributed by atoms with Crippen molar-refractivity contribution in [1.29, 1.82) is 0 Å². The van der Waals surface area contributed by atoms with E-state index in [0.29, 0.717) is 0 Å². The van der Waals surface area contributed by atoms with Crippen molar-refractivity contribution in [3.05, 3.63) is 0 Å². The molecule has 0 aromatic rings. The van der Waals surface area contributed by atoms with Crippen LogP contribution in [0.15, 0.2) is 0 Å². The van der Waals surface area contributed by atoms with Crippen LogP contribution in [0, 0.1) is 0 Å². The van der Waals surface area contributed by atoms with Crippen molar-refractivity contribution in [3.8, 4) is 0 Å². The Labute approximate surface area is 110 Å². The van der Waals surface area contributed by atoms with Gasteiger partial charge in [-0.3, -0.25) is 9.69 Å². The van der Waals surface area contributed by atoms with E-state index >= 15 is 0 Å². The van der Waals surface area contributed by atoms with Gasteiger partial charge in [-0.1, -0.05) is 0 Å². The van der Waals surface area contributed by atoms with Crippen molar-refractivity contribution in [1.82, 2.24) is 4.90 Å². The van der Waals surface area contributed by atoms with Crippen LogP contribution in [0.4, 0.5) is 0 Å². The molecule has 0 aliphatic heterocycles. The monoisotopic (exact) mass is 283 g/mol. The smallest absolute Gasteiger partial charge is 0.317 e. The van der Waals surface area contributed by atoms with E-state index in [2.05, 4.69) is 0 Å². The summed E-state index contributed by atoms with van der Waals surface area (Å²) in [6, 6.07) is 0. The van der Waals surface area contributed by atoms with Crippen molar-refractivity contribution in [3.63, 3.8) is 0 Å². The van der Waals surface area contributed by atoms with Crippen LogP contribution in [0.3, 0.4) is 0 Å². The Hall–Kier alpha value is -1.10. The number of aliphatic carboxylic acids is 1. The van der Waals surface area contributed by atoms with Gasteiger partial charge in [0.2, 0.25) is 0 Å². The van der Waals surface area contributed by atoms with Crippen LogP contribution in [0.5, 0.6) is 0 Å². The third-order valence-corrected chi connectivity index (χ3v) is 1.87. The minimum absolute atomic E-state index is 0.0258. The third-order valence-electron chi connectivity index (χ3n) is 1.87. The van der Waals surface area contributed by atoms with E-state index in [-0.39, 0.29) is 12.8 Å². The summed E-state index contributed by atoms with van der Waals surface area (Å²) in [5.74, 6) is -0.787. The summed E-state index contributed by atoms with van der Waals surface area (Å²) in [5.41, 5.74) is 0. The molecule has 4 atom stereocenters. The average Bonchev–Trinajstić information content (AvgIpc) is 2.34. The van der Waals surface area contributed by atoms with Gasteiger partial charge in [-0.2, -0.15) is 0 Å². The van der Waals surface area contributed by atoms with E-state index in [4.69, 9.17) is 30.6 Å². The van der Waals surface area contributed by atoms with Gasteiger partial charge in [0.15, 0.2) is 6.29 Å². The molecule has 0 fully saturated rings. The number of carboxylic acids is 1. The van der Waals surface area contributed by atoms with Crippen molar-refractivity contribution in [2.45, 2.75) is 24.4 Å². The Morgan fingerprint density at radius 3 is 1.84 bits per heavy atom. The Bertz CT molecular complexity index is 260. The van der Waals surface area contributed by atoms with Crippen molar-refractivity contribution in [2.75, 3.05) is 27.2 Å². The first-order valence-electron chi connectivity index (χ1n) is 5.32. The van der Waals surface area contributed by atoms with Crippen LogP contribution >= 0.6 is 0 Å². The molecular formula is C10H21NO8. The summed E-state index contributed by atoms with van der Waals surface area (Å²) in [7, 11) is 3.43. The fourth-order valence-corrected chi connectivity index (χ4v) is 0.889. The number of aliphatic hydroxyl groups excluding tert-OH is 5. The number of hydrogen-bond acceptors (Lipinski definition) is 8. The van der Waals surface area contributed by atoms with E-state index in [1.165, 1.54) is 0 Å². The highest BCUT2D eigenvalue weighted by Gasteiger charge is 2.29. The van der Waals surface area contributed by atoms with Crippen molar-refractivity contribution in [2.24, 2.45) is 0 Å². The minimum Gasteiger partial charge on any atom is -0.480 e. The largest absolute Gasteiger partial charge is 0.480 e. The molecule has 0 amide bonds. The van der Waals surface area contributed by atoms with E-state index < -0.39 is 37.0 Å². The maximum Gasteiger partial charge on any atom is 0.317 e. The molecule has 19 heavy (non-hydrogen) atoms. The summed E-state index contributed by atoms with van der Waals surface area (Å²) in [4.78, 5) is 21.3. The van der Waals surface area contributed by atoms with Gasteiger partial charge in [-0.15, -0.1) is 0 Å². The first-order valence-corrected chi connectivity index (χ1v) is 5.32. The molecule has 4 unspecified atom stereocenters. The molecule has 0 radical (unpaired) electrons. The third kappa shape index (κ3) is 10.5. The number of carbonyl (C=O) groups is 2. The lowest BCUT2D eigenvalue weighted by Gasteiger charge is -2.22. The normalized spacial score (nSPS) is 16.8. The highest BCUT2D eigenvalue weighted by Crippen LogP contribution is 2.02. The molecule has 0 bridgehead atoms. The second kappa shape index (κ2) is 10.8. The molecular weight excluding hydrogens is 262 g/mol. The number of rotatable bonds is 7. The number of carboxylic acid groups (broad SMARTS) is 1. The average molecular weight is 283 g/mol. The SMILES string of the molecule is CN(C)CC(=O)O.O=CC(O)C(O)C(O)C(O)CO. The molecule has 0 spiro atoms. The van der Waals surface area contributed by atoms with Crippen LogP contribution in [0.1, 0.15) is 0 Å². The lowest BCUT2D eigenvalue weighted by Crippen LogP contribution is -2.46. The molecule has 6 N–H and O–H groups in total. The quantitative estimate of drug-likeness (QED) is 0.258. The number of aldehydes is 1. The first-order chi connectivity index (χ1) is 8.67. The minimum atomic E-state index is -1.79. The lowest BCUT2D eigenvalue weighted by molar-refractivity contribution is -0.137. The van der Waals surface area contributed by atoms with Gasteiger partial charge in [-0.05, 0) is 14.1 Å².